The molecule has 0 bridgehead atoms. The second-order valence-electron chi connectivity index (χ2n) is 24.6. The standard InChI is InChI=1S/C70H142/c1-6-11-16-21-26-31-36-38-40-42-45-50-55-60-65-69(64-59-54-49-44-33-28-23-18-13-8-3)70(66-61-56-51-46-34-29-24-19-14-9-4,67-62-57-52-47-35-30-25-20-15-10-5)68-63-58-53-48-43-41-39-37-32-27-22-17-12-7-2/h69H,6-68H2,1-5H3. The maximum absolute atomic E-state index is 2.36. The molecule has 0 aliphatic heterocycles. The van der Waals surface area contributed by atoms with Crippen LogP contribution < -0.4 is 0 Å². The van der Waals surface area contributed by atoms with Crippen molar-refractivity contribution in [3.8, 4) is 0 Å². The van der Waals surface area contributed by atoms with Gasteiger partial charge in [0.05, 0.1) is 0 Å². The lowest BCUT2D eigenvalue weighted by molar-refractivity contribution is 0.0813. The zero-order valence-electron chi connectivity index (χ0n) is 50.6. The first-order valence-corrected chi connectivity index (χ1v) is 34.7. The molecule has 0 aromatic carbocycles. The van der Waals surface area contributed by atoms with Crippen LogP contribution in [0.25, 0.3) is 0 Å². The summed E-state index contributed by atoms with van der Waals surface area (Å²) in [6, 6.07) is 0. The van der Waals surface area contributed by atoms with Gasteiger partial charge >= 0.3 is 0 Å². The van der Waals surface area contributed by atoms with Gasteiger partial charge in [-0.15, -0.1) is 0 Å². The van der Waals surface area contributed by atoms with Crippen molar-refractivity contribution < 1.29 is 0 Å². The summed E-state index contributed by atoms with van der Waals surface area (Å²) in [5.74, 6) is 0.984. The highest BCUT2D eigenvalue weighted by molar-refractivity contribution is 4.87. The van der Waals surface area contributed by atoms with Crippen molar-refractivity contribution in [3.63, 3.8) is 0 Å². The molecule has 0 nitrogen and oxygen atoms in total. The van der Waals surface area contributed by atoms with Gasteiger partial charge < -0.3 is 0 Å². The summed E-state index contributed by atoms with van der Waals surface area (Å²) in [5.41, 5.74) is 0.618. The van der Waals surface area contributed by atoms with E-state index in [1.165, 1.54) is 372 Å². The van der Waals surface area contributed by atoms with Gasteiger partial charge in [0, 0.05) is 0 Å². The second kappa shape index (κ2) is 61.5. The molecule has 1 atom stereocenters. The SMILES string of the molecule is CCCCCCCCCCCCCCCCC(CCCCCCCCCCCC)C(CCCCCCCCCCCC)(CCCCCCCCCCCC)CCCCCCCCCCCCCCCC. The fourth-order valence-electron chi connectivity index (χ4n) is 12.8. The molecule has 0 radical (unpaired) electrons. The Kier molecular flexibility index (Phi) is 61.5. The lowest BCUT2D eigenvalue weighted by atomic mass is 9.62. The summed E-state index contributed by atoms with van der Waals surface area (Å²) in [6.45, 7) is 11.8. The minimum absolute atomic E-state index is 0.618. The van der Waals surface area contributed by atoms with E-state index in [1.54, 1.807) is 32.1 Å². The Hall–Kier alpha value is 0. The monoisotopic (exact) mass is 983 g/mol. The summed E-state index contributed by atoms with van der Waals surface area (Å²) >= 11 is 0. The lowest BCUT2D eigenvalue weighted by Gasteiger charge is -2.43. The molecule has 1 unspecified atom stereocenters. The normalized spacial score (nSPS) is 12.5. The van der Waals surface area contributed by atoms with E-state index < -0.39 is 0 Å². The van der Waals surface area contributed by atoms with Crippen LogP contribution in [0.2, 0.25) is 0 Å². The Morgan fingerprint density at radius 3 is 0.443 bits per heavy atom. The van der Waals surface area contributed by atoms with Gasteiger partial charge in [-0.3, -0.25) is 0 Å². The van der Waals surface area contributed by atoms with E-state index in [-0.39, 0.29) is 0 Å². The van der Waals surface area contributed by atoms with Crippen LogP contribution in [-0.4, -0.2) is 0 Å². The molecular formula is C70H142. The molecule has 0 aromatic heterocycles. The van der Waals surface area contributed by atoms with Crippen LogP contribution in [0.1, 0.15) is 439 Å². The van der Waals surface area contributed by atoms with Gasteiger partial charge in [0.25, 0.3) is 0 Å². The molecule has 70 heavy (non-hydrogen) atoms. The van der Waals surface area contributed by atoms with Crippen LogP contribution in [0.3, 0.4) is 0 Å². The Labute approximate surface area is 448 Å². The van der Waals surface area contributed by atoms with Gasteiger partial charge in [0.1, 0.15) is 0 Å². The Bertz CT molecular complexity index is 862. The number of hydrogen-bond acceptors (Lipinski definition) is 0. The third-order valence-corrected chi connectivity index (χ3v) is 17.8. The van der Waals surface area contributed by atoms with Crippen molar-refractivity contribution in [1.82, 2.24) is 0 Å². The largest absolute Gasteiger partial charge is 0.0654 e. The summed E-state index contributed by atoms with van der Waals surface area (Å²) < 4.78 is 0. The van der Waals surface area contributed by atoms with Crippen molar-refractivity contribution in [1.29, 1.82) is 0 Å². The fraction of sp³-hybridized carbons (Fsp3) is 1.00. The topological polar surface area (TPSA) is 0 Å². The van der Waals surface area contributed by atoms with E-state index >= 15 is 0 Å². The summed E-state index contributed by atoms with van der Waals surface area (Å²) in [4.78, 5) is 0. The summed E-state index contributed by atoms with van der Waals surface area (Å²) in [6.07, 6.45) is 93.7. The van der Waals surface area contributed by atoms with E-state index in [0.717, 1.165) is 5.92 Å². The average molecular weight is 984 g/mol. The highest BCUT2D eigenvalue weighted by Crippen LogP contribution is 2.48. The molecule has 0 N–H and O–H groups in total. The third kappa shape index (κ3) is 51.5. The molecule has 0 saturated carbocycles. The predicted molar refractivity (Wildman–Crippen MR) is 325 cm³/mol. The molecule has 0 aliphatic rings. The third-order valence-electron chi connectivity index (χ3n) is 17.8. The van der Waals surface area contributed by atoms with E-state index in [1.807, 2.05) is 0 Å². The molecule has 0 aromatic rings. The Balaban J connectivity index is 5.77. The first-order chi connectivity index (χ1) is 34.7. The van der Waals surface area contributed by atoms with Gasteiger partial charge in [-0.1, -0.05) is 407 Å². The number of unbranched alkanes of at least 4 members (excludes halogenated alkanes) is 53. The lowest BCUT2D eigenvalue weighted by Crippen LogP contribution is -2.32. The maximum atomic E-state index is 2.36. The Morgan fingerprint density at radius 2 is 0.286 bits per heavy atom. The van der Waals surface area contributed by atoms with Crippen LogP contribution in [0, 0.1) is 11.3 Å². The van der Waals surface area contributed by atoms with Gasteiger partial charge in [-0.25, -0.2) is 0 Å². The molecular weight excluding hydrogens is 841 g/mol. The van der Waals surface area contributed by atoms with Crippen molar-refractivity contribution in [3.05, 3.63) is 0 Å². The average Bonchev–Trinajstić information content (AvgIpc) is 3.37. The van der Waals surface area contributed by atoms with Crippen molar-refractivity contribution >= 4 is 0 Å². The molecule has 0 spiro atoms. The van der Waals surface area contributed by atoms with E-state index in [2.05, 4.69) is 34.6 Å². The minimum atomic E-state index is 0.618. The fourth-order valence-corrected chi connectivity index (χ4v) is 12.8. The summed E-state index contributed by atoms with van der Waals surface area (Å²) in [7, 11) is 0. The smallest absolute Gasteiger partial charge is 0.0269 e. The number of hydrogen-bond donors (Lipinski definition) is 0. The first kappa shape index (κ1) is 70.0. The minimum Gasteiger partial charge on any atom is -0.0654 e. The van der Waals surface area contributed by atoms with Gasteiger partial charge in [0.2, 0.25) is 0 Å². The highest BCUT2D eigenvalue weighted by Gasteiger charge is 2.36. The zero-order chi connectivity index (χ0) is 50.6. The van der Waals surface area contributed by atoms with Crippen LogP contribution in [0.5, 0.6) is 0 Å². The first-order valence-electron chi connectivity index (χ1n) is 34.7. The van der Waals surface area contributed by atoms with Crippen molar-refractivity contribution in [2.24, 2.45) is 11.3 Å². The van der Waals surface area contributed by atoms with E-state index in [9.17, 15) is 0 Å². The van der Waals surface area contributed by atoms with Crippen LogP contribution in [-0.2, 0) is 0 Å². The molecule has 0 amide bonds. The zero-order valence-corrected chi connectivity index (χ0v) is 50.6. The second-order valence-corrected chi connectivity index (χ2v) is 24.6. The van der Waals surface area contributed by atoms with Gasteiger partial charge in [-0.05, 0) is 43.4 Å². The van der Waals surface area contributed by atoms with E-state index in [0.29, 0.717) is 5.41 Å². The van der Waals surface area contributed by atoms with Crippen LogP contribution in [0.4, 0.5) is 0 Å². The molecule has 0 heterocycles. The molecule has 422 valence electrons. The van der Waals surface area contributed by atoms with Gasteiger partial charge in [-0.2, -0.15) is 0 Å². The molecule has 0 aliphatic carbocycles. The molecule has 0 saturated heterocycles. The Morgan fingerprint density at radius 1 is 0.157 bits per heavy atom. The molecule has 0 fully saturated rings. The van der Waals surface area contributed by atoms with Gasteiger partial charge in [0.15, 0.2) is 0 Å². The maximum Gasteiger partial charge on any atom is -0.0269 e. The molecule has 0 rings (SSSR count). The van der Waals surface area contributed by atoms with Crippen LogP contribution in [0.15, 0.2) is 0 Å². The molecule has 0 heteroatoms. The van der Waals surface area contributed by atoms with E-state index in [4.69, 9.17) is 0 Å². The van der Waals surface area contributed by atoms with Crippen molar-refractivity contribution in [2.45, 2.75) is 439 Å². The number of rotatable bonds is 64. The highest BCUT2D eigenvalue weighted by atomic mass is 14.4. The van der Waals surface area contributed by atoms with Crippen LogP contribution >= 0.6 is 0 Å². The summed E-state index contributed by atoms with van der Waals surface area (Å²) in [5, 5.41) is 0. The van der Waals surface area contributed by atoms with Crippen molar-refractivity contribution in [2.75, 3.05) is 0 Å². The quantitative estimate of drug-likeness (QED) is 0.0533. The predicted octanol–water partition coefficient (Wildman–Crippen LogP) is 27.3.